The van der Waals surface area contributed by atoms with Crippen molar-refractivity contribution in [2.24, 2.45) is 11.8 Å². The van der Waals surface area contributed by atoms with Crippen LogP contribution in [0.5, 0.6) is 0 Å². The van der Waals surface area contributed by atoms with Crippen LogP contribution in [-0.4, -0.2) is 25.2 Å². The summed E-state index contributed by atoms with van der Waals surface area (Å²) in [5.74, 6) is 0.377. The molecule has 32 heavy (non-hydrogen) atoms. The van der Waals surface area contributed by atoms with Crippen molar-refractivity contribution in [1.82, 2.24) is 0 Å². The molecule has 190 valence electrons. The smallest absolute Gasteiger partial charge is 0.306 e. The number of carbonyl (C=O) groups excluding carboxylic acids is 2. The maximum atomic E-state index is 12.2. The third-order valence-corrected chi connectivity index (χ3v) is 6.36. The topological polar surface area (TPSA) is 52.6 Å². The van der Waals surface area contributed by atoms with Crippen LogP contribution in [0.3, 0.4) is 0 Å². The van der Waals surface area contributed by atoms with E-state index in [2.05, 4.69) is 27.7 Å². The second-order valence-electron chi connectivity index (χ2n) is 9.58. The minimum atomic E-state index is -0.265. The van der Waals surface area contributed by atoms with E-state index in [1.54, 1.807) is 0 Å². The molecule has 2 unspecified atom stereocenters. The second kappa shape index (κ2) is 23.1. The molecule has 0 radical (unpaired) electrons. The molecule has 0 aromatic rings. The van der Waals surface area contributed by atoms with E-state index in [1.165, 1.54) is 77.0 Å². The SMILES string of the molecule is CCCCCCC(CCCC)COC(=O)CCC(=O)OCC(CCCC)CCCCCC. The van der Waals surface area contributed by atoms with Gasteiger partial charge in [-0.15, -0.1) is 0 Å². The Hall–Kier alpha value is -1.06. The van der Waals surface area contributed by atoms with Crippen LogP contribution in [0.2, 0.25) is 0 Å². The first-order chi connectivity index (χ1) is 15.6. The van der Waals surface area contributed by atoms with Gasteiger partial charge in [0.15, 0.2) is 0 Å². The maximum absolute atomic E-state index is 12.2. The van der Waals surface area contributed by atoms with Gasteiger partial charge in [0.1, 0.15) is 0 Å². The van der Waals surface area contributed by atoms with Gasteiger partial charge in [0.25, 0.3) is 0 Å². The monoisotopic (exact) mass is 454 g/mol. The second-order valence-corrected chi connectivity index (χ2v) is 9.58. The molecule has 0 saturated carbocycles. The van der Waals surface area contributed by atoms with Crippen molar-refractivity contribution in [3.8, 4) is 0 Å². The number of hydrogen-bond donors (Lipinski definition) is 0. The highest BCUT2D eigenvalue weighted by atomic mass is 16.5. The third kappa shape index (κ3) is 19.6. The first kappa shape index (κ1) is 30.9. The first-order valence-corrected chi connectivity index (χ1v) is 13.9. The Morgan fingerprint density at radius 1 is 0.500 bits per heavy atom. The summed E-state index contributed by atoms with van der Waals surface area (Å²) in [6.45, 7) is 9.84. The molecule has 0 aliphatic carbocycles. The molecular weight excluding hydrogens is 400 g/mol. The summed E-state index contributed by atoms with van der Waals surface area (Å²) in [4.78, 5) is 24.3. The molecule has 0 saturated heterocycles. The van der Waals surface area contributed by atoms with Crippen LogP contribution >= 0.6 is 0 Å². The molecule has 4 nitrogen and oxygen atoms in total. The lowest BCUT2D eigenvalue weighted by Crippen LogP contribution is -2.18. The highest BCUT2D eigenvalue weighted by molar-refractivity contribution is 5.77. The Balaban J connectivity index is 4.15. The van der Waals surface area contributed by atoms with E-state index in [4.69, 9.17) is 9.47 Å². The van der Waals surface area contributed by atoms with E-state index in [0.717, 1.165) is 25.7 Å². The molecule has 0 N–H and O–H groups in total. The van der Waals surface area contributed by atoms with Crippen molar-refractivity contribution in [2.45, 2.75) is 143 Å². The van der Waals surface area contributed by atoms with Gasteiger partial charge in [0.05, 0.1) is 26.1 Å². The average molecular weight is 455 g/mol. The van der Waals surface area contributed by atoms with Crippen LogP contribution in [0.4, 0.5) is 0 Å². The predicted molar refractivity (Wildman–Crippen MR) is 135 cm³/mol. The largest absolute Gasteiger partial charge is 0.465 e. The summed E-state index contributed by atoms with van der Waals surface area (Å²) < 4.78 is 11.0. The molecule has 0 amide bonds. The van der Waals surface area contributed by atoms with Crippen LogP contribution in [-0.2, 0) is 19.1 Å². The lowest BCUT2D eigenvalue weighted by molar-refractivity contribution is -0.152. The number of rotatable bonds is 23. The van der Waals surface area contributed by atoms with Gasteiger partial charge in [-0.05, 0) is 37.5 Å². The quantitative estimate of drug-likeness (QED) is 0.115. The highest BCUT2D eigenvalue weighted by Crippen LogP contribution is 2.19. The van der Waals surface area contributed by atoms with E-state index >= 15 is 0 Å². The predicted octanol–water partition coefficient (Wildman–Crippen LogP) is 8.41. The lowest BCUT2D eigenvalue weighted by atomic mass is 9.96. The molecule has 2 atom stereocenters. The van der Waals surface area contributed by atoms with Crippen molar-refractivity contribution in [3.05, 3.63) is 0 Å². The summed E-state index contributed by atoms with van der Waals surface area (Å²) in [7, 11) is 0. The van der Waals surface area contributed by atoms with Crippen molar-refractivity contribution in [2.75, 3.05) is 13.2 Å². The van der Waals surface area contributed by atoms with Gasteiger partial charge in [-0.2, -0.15) is 0 Å². The number of carbonyl (C=O) groups is 2. The molecule has 0 aromatic heterocycles. The van der Waals surface area contributed by atoms with Crippen LogP contribution in [0.1, 0.15) is 143 Å². The van der Waals surface area contributed by atoms with E-state index in [-0.39, 0.29) is 24.8 Å². The molecule has 0 bridgehead atoms. The Morgan fingerprint density at radius 3 is 1.19 bits per heavy atom. The third-order valence-electron chi connectivity index (χ3n) is 6.36. The zero-order valence-corrected chi connectivity index (χ0v) is 21.9. The molecule has 0 aromatic carbocycles. The molecule has 0 aliphatic rings. The van der Waals surface area contributed by atoms with E-state index in [9.17, 15) is 9.59 Å². The Labute approximate surface area is 199 Å². The number of hydrogen-bond acceptors (Lipinski definition) is 4. The van der Waals surface area contributed by atoms with Crippen LogP contribution < -0.4 is 0 Å². The van der Waals surface area contributed by atoms with E-state index < -0.39 is 0 Å². The van der Waals surface area contributed by atoms with Gasteiger partial charge >= 0.3 is 11.9 Å². The Morgan fingerprint density at radius 2 is 0.844 bits per heavy atom. The molecule has 0 spiro atoms. The molecule has 0 heterocycles. The van der Waals surface area contributed by atoms with Gasteiger partial charge < -0.3 is 9.47 Å². The first-order valence-electron chi connectivity index (χ1n) is 13.9. The van der Waals surface area contributed by atoms with Crippen LogP contribution in [0, 0.1) is 11.8 Å². The fraction of sp³-hybridized carbons (Fsp3) is 0.929. The lowest BCUT2D eigenvalue weighted by Gasteiger charge is -2.17. The van der Waals surface area contributed by atoms with Gasteiger partial charge in [0, 0.05) is 0 Å². The highest BCUT2D eigenvalue weighted by Gasteiger charge is 2.15. The van der Waals surface area contributed by atoms with Gasteiger partial charge in [-0.1, -0.05) is 105 Å². The Bertz CT molecular complexity index is 395. The zero-order valence-electron chi connectivity index (χ0n) is 21.9. The zero-order chi connectivity index (χ0) is 23.9. The maximum Gasteiger partial charge on any atom is 0.306 e. The molecule has 0 rings (SSSR count). The fourth-order valence-electron chi connectivity index (χ4n) is 4.10. The minimum absolute atomic E-state index is 0.130. The minimum Gasteiger partial charge on any atom is -0.465 e. The summed E-state index contributed by atoms with van der Waals surface area (Å²) >= 11 is 0. The summed E-state index contributed by atoms with van der Waals surface area (Å²) in [6.07, 6.45) is 19.4. The summed E-state index contributed by atoms with van der Waals surface area (Å²) in [6, 6.07) is 0. The van der Waals surface area contributed by atoms with Crippen molar-refractivity contribution in [1.29, 1.82) is 0 Å². The number of esters is 2. The molecule has 0 fully saturated rings. The summed E-state index contributed by atoms with van der Waals surface area (Å²) in [5.41, 5.74) is 0. The molecule has 4 heteroatoms. The summed E-state index contributed by atoms with van der Waals surface area (Å²) in [5, 5.41) is 0. The van der Waals surface area contributed by atoms with Gasteiger partial charge in [-0.25, -0.2) is 0 Å². The molecule has 0 aliphatic heterocycles. The van der Waals surface area contributed by atoms with Crippen LogP contribution in [0.25, 0.3) is 0 Å². The normalized spacial score (nSPS) is 13.0. The van der Waals surface area contributed by atoms with Crippen LogP contribution in [0.15, 0.2) is 0 Å². The van der Waals surface area contributed by atoms with Gasteiger partial charge in [0.2, 0.25) is 0 Å². The fourth-order valence-corrected chi connectivity index (χ4v) is 4.10. The number of unbranched alkanes of at least 4 members (excludes halogenated alkanes) is 8. The van der Waals surface area contributed by atoms with Crippen molar-refractivity contribution >= 4 is 11.9 Å². The standard InChI is InChI=1S/C28H54O4/c1-5-9-13-15-19-25(17-11-7-3)23-31-27(29)21-22-28(30)32-24-26(18-12-8-4)20-16-14-10-6-2/h25-26H,5-24H2,1-4H3. The van der Waals surface area contributed by atoms with E-state index in [1.807, 2.05) is 0 Å². The van der Waals surface area contributed by atoms with E-state index in [0.29, 0.717) is 25.0 Å². The van der Waals surface area contributed by atoms with Crippen molar-refractivity contribution in [3.63, 3.8) is 0 Å². The number of ether oxygens (including phenoxy) is 2. The van der Waals surface area contributed by atoms with Gasteiger partial charge in [-0.3, -0.25) is 9.59 Å². The van der Waals surface area contributed by atoms with Crippen molar-refractivity contribution < 1.29 is 19.1 Å². The average Bonchev–Trinajstić information content (AvgIpc) is 2.80. The molecular formula is C28H54O4. The Kier molecular flexibility index (Phi) is 22.3.